The molecule has 0 saturated heterocycles. The third-order valence-corrected chi connectivity index (χ3v) is 4.79. The fourth-order valence-corrected chi connectivity index (χ4v) is 3.31. The van der Waals surface area contributed by atoms with Crippen LogP contribution in [0.25, 0.3) is 16.9 Å². The molecule has 0 fully saturated rings. The van der Waals surface area contributed by atoms with Crippen molar-refractivity contribution >= 4 is 5.91 Å². The van der Waals surface area contributed by atoms with E-state index in [0.717, 1.165) is 22.4 Å². The van der Waals surface area contributed by atoms with Gasteiger partial charge in [-0.2, -0.15) is 5.10 Å². The highest BCUT2D eigenvalue weighted by Gasteiger charge is 2.20. The minimum atomic E-state index is -0.161. The average Bonchev–Trinajstić information content (AvgIpc) is 3.19. The second kappa shape index (κ2) is 8.10. The van der Waals surface area contributed by atoms with Crippen molar-refractivity contribution in [2.75, 3.05) is 0 Å². The van der Waals surface area contributed by atoms with Gasteiger partial charge in [-0.1, -0.05) is 48.0 Å². The number of hydrogen-bond acceptors (Lipinski definition) is 3. The molecule has 0 bridgehead atoms. The summed E-state index contributed by atoms with van der Waals surface area (Å²) in [4.78, 5) is 17.1. The minimum Gasteiger partial charge on any atom is -0.348 e. The third kappa shape index (κ3) is 4.09. The summed E-state index contributed by atoms with van der Waals surface area (Å²) < 4.78 is 1.76. The van der Waals surface area contributed by atoms with Crippen molar-refractivity contribution < 1.29 is 4.79 Å². The predicted molar refractivity (Wildman–Crippen MR) is 114 cm³/mol. The molecule has 0 atom stereocenters. The molecule has 29 heavy (non-hydrogen) atoms. The maximum Gasteiger partial charge on any atom is 0.255 e. The van der Waals surface area contributed by atoms with Gasteiger partial charge in [-0.3, -0.25) is 9.78 Å². The first-order valence-electron chi connectivity index (χ1n) is 9.51. The van der Waals surface area contributed by atoms with E-state index in [4.69, 9.17) is 5.10 Å². The van der Waals surface area contributed by atoms with Crippen LogP contribution >= 0.6 is 0 Å². The molecule has 2 heterocycles. The van der Waals surface area contributed by atoms with E-state index < -0.39 is 0 Å². The maximum atomic E-state index is 13.1. The Hall–Kier alpha value is -3.73. The second-order valence-electron chi connectivity index (χ2n) is 7.03. The molecule has 2 aromatic heterocycles. The molecule has 0 saturated carbocycles. The molecule has 2 aromatic carbocycles. The summed E-state index contributed by atoms with van der Waals surface area (Å²) in [7, 11) is 0. The Morgan fingerprint density at radius 2 is 1.86 bits per heavy atom. The number of benzene rings is 2. The normalized spacial score (nSPS) is 10.7. The number of carbonyl (C=O) groups excluding carboxylic acids is 1. The molecule has 0 unspecified atom stereocenters. The number of pyridine rings is 1. The Balaban J connectivity index is 1.72. The SMILES string of the molecule is Cc1ccc(-c2nn(-c3ccccc3)cc2C(=O)NCc2cccnc2)c(C)c1. The molecular formula is C24H22N4O. The maximum absolute atomic E-state index is 13.1. The lowest BCUT2D eigenvalue weighted by Gasteiger charge is -2.08. The van der Waals surface area contributed by atoms with Crippen LogP contribution in [0.4, 0.5) is 0 Å². The average molecular weight is 382 g/mol. The Bertz CT molecular complexity index is 1130. The lowest BCUT2D eigenvalue weighted by Crippen LogP contribution is -2.23. The monoisotopic (exact) mass is 382 g/mol. The van der Waals surface area contributed by atoms with E-state index in [1.807, 2.05) is 61.5 Å². The highest BCUT2D eigenvalue weighted by Crippen LogP contribution is 2.27. The molecule has 1 N–H and O–H groups in total. The Morgan fingerprint density at radius 1 is 1.03 bits per heavy atom. The van der Waals surface area contributed by atoms with E-state index in [1.54, 1.807) is 23.3 Å². The van der Waals surface area contributed by atoms with Gasteiger partial charge in [-0.15, -0.1) is 0 Å². The van der Waals surface area contributed by atoms with Crippen molar-refractivity contribution in [1.82, 2.24) is 20.1 Å². The number of para-hydroxylation sites is 1. The first-order chi connectivity index (χ1) is 14.1. The highest BCUT2D eigenvalue weighted by molar-refractivity contribution is 6.00. The predicted octanol–water partition coefficient (Wildman–Crippen LogP) is 4.48. The van der Waals surface area contributed by atoms with Gasteiger partial charge >= 0.3 is 0 Å². The highest BCUT2D eigenvalue weighted by atomic mass is 16.1. The van der Waals surface area contributed by atoms with Gasteiger partial charge in [-0.25, -0.2) is 4.68 Å². The van der Waals surface area contributed by atoms with Crippen LogP contribution in [0.15, 0.2) is 79.3 Å². The number of aromatic nitrogens is 3. The van der Waals surface area contributed by atoms with Crippen molar-refractivity contribution in [3.63, 3.8) is 0 Å². The van der Waals surface area contributed by atoms with E-state index in [-0.39, 0.29) is 5.91 Å². The van der Waals surface area contributed by atoms with Gasteiger partial charge in [0.1, 0.15) is 5.69 Å². The smallest absolute Gasteiger partial charge is 0.255 e. The number of carbonyl (C=O) groups is 1. The molecule has 0 spiro atoms. The van der Waals surface area contributed by atoms with Gasteiger partial charge in [0, 0.05) is 30.7 Å². The van der Waals surface area contributed by atoms with Crippen molar-refractivity contribution in [2.45, 2.75) is 20.4 Å². The summed E-state index contributed by atoms with van der Waals surface area (Å²) in [5.41, 5.74) is 6.30. The second-order valence-corrected chi connectivity index (χ2v) is 7.03. The molecule has 4 rings (SSSR count). The van der Waals surface area contributed by atoms with E-state index in [0.29, 0.717) is 17.8 Å². The van der Waals surface area contributed by atoms with Crippen LogP contribution in [0.3, 0.4) is 0 Å². The number of nitrogens with zero attached hydrogens (tertiary/aromatic N) is 3. The van der Waals surface area contributed by atoms with Gasteiger partial charge in [-0.05, 0) is 43.2 Å². The number of hydrogen-bond donors (Lipinski definition) is 1. The quantitative estimate of drug-likeness (QED) is 0.554. The van der Waals surface area contributed by atoms with E-state index in [1.165, 1.54) is 5.56 Å². The molecule has 5 nitrogen and oxygen atoms in total. The van der Waals surface area contributed by atoms with Crippen LogP contribution in [-0.2, 0) is 6.54 Å². The topological polar surface area (TPSA) is 59.8 Å². The van der Waals surface area contributed by atoms with E-state index >= 15 is 0 Å². The fraction of sp³-hybridized carbons (Fsp3) is 0.125. The van der Waals surface area contributed by atoms with Gasteiger partial charge < -0.3 is 5.32 Å². The molecule has 0 aliphatic carbocycles. The summed E-state index contributed by atoms with van der Waals surface area (Å²) >= 11 is 0. The zero-order valence-corrected chi connectivity index (χ0v) is 16.5. The van der Waals surface area contributed by atoms with E-state index in [9.17, 15) is 4.79 Å². The molecule has 0 aliphatic heterocycles. The summed E-state index contributed by atoms with van der Waals surface area (Å²) in [5, 5.41) is 7.75. The number of aryl methyl sites for hydroxylation is 2. The molecule has 0 aliphatic rings. The van der Waals surface area contributed by atoms with Crippen LogP contribution in [0.2, 0.25) is 0 Å². The lowest BCUT2D eigenvalue weighted by molar-refractivity contribution is 0.0951. The summed E-state index contributed by atoms with van der Waals surface area (Å²) in [5.74, 6) is -0.161. The Labute approximate surface area is 170 Å². The largest absolute Gasteiger partial charge is 0.348 e. The van der Waals surface area contributed by atoms with Crippen molar-refractivity contribution in [3.8, 4) is 16.9 Å². The van der Waals surface area contributed by atoms with E-state index in [2.05, 4.69) is 23.3 Å². The first-order valence-corrected chi connectivity index (χ1v) is 9.51. The zero-order valence-electron chi connectivity index (χ0n) is 16.5. The van der Waals surface area contributed by atoms with Crippen molar-refractivity contribution in [1.29, 1.82) is 0 Å². The van der Waals surface area contributed by atoms with Crippen LogP contribution in [0.1, 0.15) is 27.0 Å². The van der Waals surface area contributed by atoms with Crippen molar-refractivity contribution in [2.24, 2.45) is 0 Å². The third-order valence-electron chi connectivity index (χ3n) is 4.79. The summed E-state index contributed by atoms with van der Waals surface area (Å²) in [6, 6.07) is 19.8. The molecule has 4 aromatic rings. The Kier molecular flexibility index (Phi) is 5.20. The molecular weight excluding hydrogens is 360 g/mol. The van der Waals surface area contributed by atoms with Crippen LogP contribution in [0.5, 0.6) is 0 Å². The Morgan fingerprint density at radius 3 is 2.59 bits per heavy atom. The van der Waals surface area contributed by atoms with Crippen LogP contribution in [-0.4, -0.2) is 20.7 Å². The molecule has 0 radical (unpaired) electrons. The van der Waals surface area contributed by atoms with Crippen LogP contribution < -0.4 is 5.32 Å². The number of amides is 1. The van der Waals surface area contributed by atoms with Gasteiger partial charge in [0.05, 0.1) is 11.3 Å². The molecule has 5 heteroatoms. The minimum absolute atomic E-state index is 0.161. The van der Waals surface area contributed by atoms with Gasteiger partial charge in [0.15, 0.2) is 0 Å². The first kappa shape index (κ1) is 18.6. The zero-order chi connectivity index (χ0) is 20.2. The standard InChI is InChI=1S/C24H22N4O/c1-17-10-11-21(18(2)13-17)23-22(16-28(27-23)20-8-4-3-5-9-20)24(29)26-15-19-7-6-12-25-14-19/h3-14,16H,15H2,1-2H3,(H,26,29). The summed E-state index contributed by atoms with van der Waals surface area (Å²) in [6.07, 6.45) is 5.26. The number of rotatable bonds is 5. The van der Waals surface area contributed by atoms with Crippen molar-refractivity contribution in [3.05, 3.63) is 102 Å². The van der Waals surface area contributed by atoms with Crippen LogP contribution in [0, 0.1) is 13.8 Å². The van der Waals surface area contributed by atoms with Gasteiger partial charge in [0.25, 0.3) is 5.91 Å². The lowest BCUT2D eigenvalue weighted by atomic mass is 10.0. The molecule has 144 valence electrons. The molecule has 1 amide bonds. The summed E-state index contributed by atoms with van der Waals surface area (Å²) in [6.45, 7) is 4.51. The number of nitrogens with one attached hydrogen (secondary N) is 1. The van der Waals surface area contributed by atoms with Gasteiger partial charge in [0.2, 0.25) is 0 Å². The fourth-order valence-electron chi connectivity index (χ4n) is 3.31.